The molecule has 27 heavy (non-hydrogen) atoms. The standard InChI is InChI=1S/C22H27BrO4/c1-4-6-10-21(17-8-7-9-18(23)14-17)27-19-11-12-20(16(3)13-19)26-15-22(24)25-5-2/h7-9,11-14,21H,4-6,10,15H2,1-3H3. The van der Waals surface area contributed by atoms with Crippen molar-refractivity contribution in [3.8, 4) is 11.5 Å². The molecule has 0 fully saturated rings. The fraction of sp³-hybridized carbons (Fsp3) is 0.409. The summed E-state index contributed by atoms with van der Waals surface area (Å²) in [6, 6.07) is 13.9. The number of carbonyl (C=O) groups excluding carboxylic acids is 1. The number of esters is 1. The van der Waals surface area contributed by atoms with Gasteiger partial charge in [-0.2, -0.15) is 0 Å². The molecule has 4 nitrogen and oxygen atoms in total. The van der Waals surface area contributed by atoms with Gasteiger partial charge in [0.25, 0.3) is 0 Å². The zero-order chi connectivity index (χ0) is 19.6. The summed E-state index contributed by atoms with van der Waals surface area (Å²) in [7, 11) is 0. The van der Waals surface area contributed by atoms with Crippen molar-refractivity contribution in [3.05, 3.63) is 58.1 Å². The number of hydrogen-bond donors (Lipinski definition) is 0. The van der Waals surface area contributed by atoms with Crippen LogP contribution in [0.15, 0.2) is 46.9 Å². The van der Waals surface area contributed by atoms with Crippen LogP contribution in [0.25, 0.3) is 0 Å². The van der Waals surface area contributed by atoms with Crippen molar-refractivity contribution in [3.63, 3.8) is 0 Å². The molecule has 1 atom stereocenters. The zero-order valence-electron chi connectivity index (χ0n) is 16.2. The molecule has 0 aliphatic carbocycles. The van der Waals surface area contributed by atoms with Crippen molar-refractivity contribution in [2.45, 2.75) is 46.1 Å². The van der Waals surface area contributed by atoms with E-state index in [2.05, 4.69) is 35.0 Å². The normalized spacial score (nSPS) is 11.7. The molecule has 0 saturated carbocycles. The zero-order valence-corrected chi connectivity index (χ0v) is 17.8. The molecule has 2 rings (SSSR count). The second-order valence-corrected chi connectivity index (χ2v) is 7.24. The van der Waals surface area contributed by atoms with Crippen molar-refractivity contribution in [2.75, 3.05) is 13.2 Å². The lowest BCUT2D eigenvalue weighted by Gasteiger charge is -2.20. The maximum absolute atomic E-state index is 11.4. The summed E-state index contributed by atoms with van der Waals surface area (Å²) in [5, 5.41) is 0. The number of ether oxygens (including phenoxy) is 3. The van der Waals surface area contributed by atoms with Crippen molar-refractivity contribution in [1.29, 1.82) is 0 Å². The molecule has 0 aliphatic rings. The molecule has 0 aromatic heterocycles. The minimum atomic E-state index is -0.369. The predicted octanol–water partition coefficient (Wildman–Crippen LogP) is 6.01. The first-order chi connectivity index (χ1) is 13.0. The number of halogens is 1. The van der Waals surface area contributed by atoms with Gasteiger partial charge in [0.05, 0.1) is 6.61 Å². The van der Waals surface area contributed by atoms with Gasteiger partial charge in [0, 0.05) is 4.47 Å². The van der Waals surface area contributed by atoms with E-state index in [1.807, 2.05) is 37.3 Å². The number of carbonyl (C=O) groups is 1. The molecule has 0 aliphatic heterocycles. The smallest absolute Gasteiger partial charge is 0.344 e. The first kappa shape index (κ1) is 21.3. The summed E-state index contributed by atoms with van der Waals surface area (Å²) in [6.45, 7) is 6.15. The van der Waals surface area contributed by atoms with Crippen LogP contribution in [0, 0.1) is 6.92 Å². The van der Waals surface area contributed by atoms with Crippen LogP contribution >= 0.6 is 15.9 Å². The van der Waals surface area contributed by atoms with Crippen molar-refractivity contribution >= 4 is 21.9 Å². The maximum Gasteiger partial charge on any atom is 0.344 e. The summed E-state index contributed by atoms with van der Waals surface area (Å²) in [5.41, 5.74) is 2.07. The number of aryl methyl sites for hydroxylation is 1. The minimum Gasteiger partial charge on any atom is -0.486 e. The highest BCUT2D eigenvalue weighted by Gasteiger charge is 2.15. The molecular formula is C22H27BrO4. The second-order valence-electron chi connectivity index (χ2n) is 6.32. The van der Waals surface area contributed by atoms with E-state index in [0.29, 0.717) is 12.4 Å². The van der Waals surface area contributed by atoms with Crippen molar-refractivity contribution in [1.82, 2.24) is 0 Å². The molecule has 0 amide bonds. The van der Waals surface area contributed by atoms with Crippen molar-refractivity contribution < 1.29 is 19.0 Å². The van der Waals surface area contributed by atoms with Crippen LogP contribution in [0.1, 0.15) is 50.3 Å². The molecule has 0 heterocycles. The quantitative estimate of drug-likeness (QED) is 0.429. The van der Waals surface area contributed by atoms with Crippen LogP contribution in [-0.4, -0.2) is 19.2 Å². The Morgan fingerprint density at radius 1 is 1.15 bits per heavy atom. The van der Waals surface area contributed by atoms with Gasteiger partial charge in [-0.25, -0.2) is 4.79 Å². The Bertz CT molecular complexity index is 745. The van der Waals surface area contributed by atoms with Gasteiger partial charge >= 0.3 is 5.97 Å². The largest absolute Gasteiger partial charge is 0.486 e. The number of benzene rings is 2. The Hall–Kier alpha value is -2.01. The highest BCUT2D eigenvalue weighted by Crippen LogP contribution is 2.31. The Labute approximate surface area is 170 Å². The van der Waals surface area contributed by atoms with Crippen LogP contribution in [0.5, 0.6) is 11.5 Å². The van der Waals surface area contributed by atoms with E-state index in [4.69, 9.17) is 14.2 Å². The molecule has 0 bridgehead atoms. The fourth-order valence-corrected chi connectivity index (χ4v) is 3.17. The average molecular weight is 435 g/mol. The molecule has 2 aromatic rings. The fourth-order valence-electron chi connectivity index (χ4n) is 2.75. The predicted molar refractivity (Wildman–Crippen MR) is 110 cm³/mol. The highest BCUT2D eigenvalue weighted by atomic mass is 79.9. The van der Waals surface area contributed by atoms with E-state index in [1.54, 1.807) is 6.92 Å². The van der Waals surface area contributed by atoms with E-state index in [9.17, 15) is 4.79 Å². The third-order valence-electron chi connectivity index (χ3n) is 4.12. The minimum absolute atomic E-state index is 0.00634. The van der Waals surface area contributed by atoms with E-state index in [1.165, 1.54) is 0 Å². The van der Waals surface area contributed by atoms with Gasteiger partial charge in [-0.05, 0) is 68.1 Å². The summed E-state index contributed by atoms with van der Waals surface area (Å²) in [6.07, 6.45) is 3.16. The monoisotopic (exact) mass is 434 g/mol. The third kappa shape index (κ3) is 6.90. The van der Waals surface area contributed by atoms with Crippen LogP contribution in [0.2, 0.25) is 0 Å². The van der Waals surface area contributed by atoms with Gasteiger partial charge in [-0.15, -0.1) is 0 Å². The van der Waals surface area contributed by atoms with E-state index in [-0.39, 0.29) is 18.7 Å². The molecule has 2 aromatic carbocycles. The molecular weight excluding hydrogens is 408 g/mol. The van der Waals surface area contributed by atoms with Crippen molar-refractivity contribution in [2.24, 2.45) is 0 Å². The summed E-state index contributed by atoms with van der Waals surface area (Å²) in [4.78, 5) is 11.4. The van der Waals surface area contributed by atoms with Gasteiger partial charge in [0.1, 0.15) is 17.6 Å². The lowest BCUT2D eigenvalue weighted by atomic mass is 10.0. The maximum atomic E-state index is 11.4. The molecule has 5 heteroatoms. The van der Waals surface area contributed by atoms with Gasteiger partial charge in [0.15, 0.2) is 6.61 Å². The van der Waals surface area contributed by atoms with E-state index >= 15 is 0 Å². The Kier molecular flexibility index (Phi) is 8.65. The lowest BCUT2D eigenvalue weighted by molar-refractivity contribution is -0.145. The molecule has 0 saturated heterocycles. The van der Waals surface area contributed by atoms with Gasteiger partial charge in [-0.3, -0.25) is 0 Å². The van der Waals surface area contributed by atoms with Gasteiger partial charge in [0.2, 0.25) is 0 Å². The van der Waals surface area contributed by atoms with Gasteiger partial charge < -0.3 is 14.2 Å². The van der Waals surface area contributed by atoms with Crippen LogP contribution in [-0.2, 0) is 9.53 Å². The summed E-state index contributed by atoms with van der Waals surface area (Å²) in [5.74, 6) is 1.08. The summed E-state index contributed by atoms with van der Waals surface area (Å²) < 4.78 is 17.8. The first-order valence-electron chi connectivity index (χ1n) is 9.34. The molecule has 0 radical (unpaired) electrons. The topological polar surface area (TPSA) is 44.8 Å². The number of hydrogen-bond acceptors (Lipinski definition) is 4. The number of unbranched alkanes of at least 4 members (excludes halogenated alkanes) is 1. The third-order valence-corrected chi connectivity index (χ3v) is 4.61. The second kappa shape index (κ2) is 11.0. The Balaban J connectivity index is 2.08. The lowest BCUT2D eigenvalue weighted by Crippen LogP contribution is -2.15. The SMILES string of the molecule is CCCCC(Oc1ccc(OCC(=O)OCC)c(C)c1)c1cccc(Br)c1. The first-order valence-corrected chi connectivity index (χ1v) is 10.1. The molecule has 0 N–H and O–H groups in total. The van der Waals surface area contributed by atoms with E-state index < -0.39 is 0 Å². The van der Waals surface area contributed by atoms with Crippen LogP contribution in [0.4, 0.5) is 0 Å². The summed E-state index contributed by atoms with van der Waals surface area (Å²) >= 11 is 3.54. The average Bonchev–Trinajstić information content (AvgIpc) is 2.64. The number of rotatable bonds is 10. The highest BCUT2D eigenvalue weighted by molar-refractivity contribution is 9.10. The molecule has 1 unspecified atom stereocenters. The van der Waals surface area contributed by atoms with E-state index in [0.717, 1.165) is 40.6 Å². The Morgan fingerprint density at radius 3 is 2.63 bits per heavy atom. The Morgan fingerprint density at radius 2 is 1.96 bits per heavy atom. The van der Waals surface area contributed by atoms with Crippen LogP contribution < -0.4 is 9.47 Å². The molecule has 146 valence electrons. The van der Waals surface area contributed by atoms with Gasteiger partial charge in [-0.1, -0.05) is 41.4 Å². The van der Waals surface area contributed by atoms with Crippen LogP contribution in [0.3, 0.4) is 0 Å². The molecule has 0 spiro atoms.